The number of aryl methyl sites for hydroxylation is 1. The quantitative estimate of drug-likeness (QED) is 0.816. The Balaban J connectivity index is 1.78. The van der Waals surface area contributed by atoms with Crippen LogP contribution in [0.1, 0.15) is 42.1 Å². The zero-order valence-corrected chi connectivity index (χ0v) is 12.8. The zero-order chi connectivity index (χ0) is 15.2. The lowest BCUT2D eigenvalue weighted by molar-refractivity contribution is -0.122. The summed E-state index contributed by atoms with van der Waals surface area (Å²) in [6, 6.07) is 7.72. The topological polar surface area (TPSA) is 58.2 Å². The van der Waals surface area contributed by atoms with Crippen LogP contribution < -0.4 is 10.6 Å². The molecule has 2 unspecified atom stereocenters. The molecule has 114 valence electrons. The monoisotopic (exact) mass is 288 g/mol. The van der Waals surface area contributed by atoms with Gasteiger partial charge < -0.3 is 10.6 Å². The van der Waals surface area contributed by atoms with Gasteiger partial charge in [-0.1, -0.05) is 36.8 Å². The number of carbonyl (C=O) groups excluding carboxylic acids is 2. The van der Waals surface area contributed by atoms with Crippen LogP contribution in [0.15, 0.2) is 24.3 Å². The van der Waals surface area contributed by atoms with Crippen LogP contribution in [0.25, 0.3) is 0 Å². The third-order valence-electron chi connectivity index (χ3n) is 4.08. The lowest BCUT2D eigenvalue weighted by Crippen LogP contribution is -2.48. The maximum atomic E-state index is 12.0. The minimum atomic E-state index is -0.0192. The van der Waals surface area contributed by atoms with Gasteiger partial charge in [-0.25, -0.2) is 0 Å². The van der Waals surface area contributed by atoms with Gasteiger partial charge >= 0.3 is 0 Å². The molecule has 1 aliphatic rings. The second-order valence-electron chi connectivity index (χ2n) is 5.93. The van der Waals surface area contributed by atoms with E-state index in [9.17, 15) is 9.59 Å². The molecule has 1 fully saturated rings. The second-order valence-corrected chi connectivity index (χ2v) is 5.93. The SMILES string of the molecule is Cc1ccc(C(=O)CCC(=O)NC2CCNCC2C)cc1. The van der Waals surface area contributed by atoms with E-state index >= 15 is 0 Å². The molecule has 1 heterocycles. The Labute approximate surface area is 126 Å². The molecule has 0 aliphatic carbocycles. The van der Waals surface area contributed by atoms with Gasteiger partial charge in [-0.3, -0.25) is 9.59 Å². The van der Waals surface area contributed by atoms with E-state index in [0.29, 0.717) is 11.5 Å². The highest BCUT2D eigenvalue weighted by Gasteiger charge is 2.22. The highest BCUT2D eigenvalue weighted by molar-refractivity contribution is 5.97. The first kappa shape index (κ1) is 15.7. The number of rotatable bonds is 5. The van der Waals surface area contributed by atoms with Gasteiger partial charge in [0.05, 0.1) is 0 Å². The average Bonchev–Trinajstić information content (AvgIpc) is 2.48. The highest BCUT2D eigenvalue weighted by Crippen LogP contribution is 2.11. The molecular weight excluding hydrogens is 264 g/mol. The number of ketones is 1. The number of hydrogen-bond donors (Lipinski definition) is 2. The van der Waals surface area contributed by atoms with Crippen molar-refractivity contribution in [1.82, 2.24) is 10.6 Å². The summed E-state index contributed by atoms with van der Waals surface area (Å²) >= 11 is 0. The molecule has 2 rings (SSSR count). The van der Waals surface area contributed by atoms with Gasteiger partial charge in [0.15, 0.2) is 5.78 Å². The molecule has 1 aromatic rings. The van der Waals surface area contributed by atoms with Gasteiger partial charge in [0, 0.05) is 24.4 Å². The van der Waals surface area contributed by atoms with Crippen molar-refractivity contribution in [3.63, 3.8) is 0 Å². The van der Waals surface area contributed by atoms with Crippen LogP contribution in [0.5, 0.6) is 0 Å². The van der Waals surface area contributed by atoms with Crippen LogP contribution in [-0.2, 0) is 4.79 Å². The summed E-state index contributed by atoms with van der Waals surface area (Å²) in [6.07, 6.45) is 1.50. The predicted molar refractivity (Wildman–Crippen MR) is 83.3 cm³/mol. The van der Waals surface area contributed by atoms with Crippen LogP contribution in [0.4, 0.5) is 0 Å². The van der Waals surface area contributed by atoms with Crippen molar-refractivity contribution in [2.24, 2.45) is 5.92 Å². The molecule has 4 heteroatoms. The summed E-state index contributed by atoms with van der Waals surface area (Å²) in [4.78, 5) is 24.0. The number of piperidine rings is 1. The van der Waals surface area contributed by atoms with Gasteiger partial charge in [0.2, 0.25) is 5.91 Å². The Bertz CT molecular complexity index is 496. The largest absolute Gasteiger partial charge is 0.353 e. The molecule has 21 heavy (non-hydrogen) atoms. The molecule has 1 aliphatic heterocycles. The second kappa shape index (κ2) is 7.36. The fourth-order valence-corrected chi connectivity index (χ4v) is 2.62. The fourth-order valence-electron chi connectivity index (χ4n) is 2.62. The van der Waals surface area contributed by atoms with Crippen molar-refractivity contribution in [2.45, 2.75) is 39.2 Å². The van der Waals surface area contributed by atoms with Gasteiger partial charge in [-0.05, 0) is 32.4 Å². The maximum Gasteiger partial charge on any atom is 0.220 e. The molecule has 0 spiro atoms. The minimum Gasteiger partial charge on any atom is -0.353 e. The standard InChI is InChI=1S/C17H24N2O2/c1-12-3-5-14(6-4-12)16(20)7-8-17(21)19-15-9-10-18-11-13(15)2/h3-6,13,15,18H,7-11H2,1-2H3,(H,19,21). The zero-order valence-electron chi connectivity index (χ0n) is 12.8. The van der Waals surface area contributed by atoms with Crippen molar-refractivity contribution in [3.8, 4) is 0 Å². The Morgan fingerprint density at radius 1 is 1.24 bits per heavy atom. The number of hydrogen-bond acceptors (Lipinski definition) is 3. The van der Waals surface area contributed by atoms with Crippen LogP contribution in [0.3, 0.4) is 0 Å². The van der Waals surface area contributed by atoms with E-state index in [1.54, 1.807) is 0 Å². The molecule has 0 saturated carbocycles. The number of Topliss-reactive ketones (excluding diaryl/α,β-unsaturated/α-hetero) is 1. The van der Waals surface area contributed by atoms with Crippen LogP contribution in [0, 0.1) is 12.8 Å². The number of nitrogens with one attached hydrogen (secondary N) is 2. The summed E-state index contributed by atoms with van der Waals surface area (Å²) in [5.41, 5.74) is 1.81. The van der Waals surface area contributed by atoms with Crippen molar-refractivity contribution >= 4 is 11.7 Å². The highest BCUT2D eigenvalue weighted by atomic mass is 16.2. The number of amides is 1. The van der Waals surface area contributed by atoms with E-state index in [1.165, 1.54) is 0 Å². The lowest BCUT2D eigenvalue weighted by Gasteiger charge is -2.30. The van der Waals surface area contributed by atoms with Gasteiger partial charge in [0.25, 0.3) is 0 Å². The van der Waals surface area contributed by atoms with Crippen LogP contribution >= 0.6 is 0 Å². The Morgan fingerprint density at radius 2 is 1.95 bits per heavy atom. The smallest absolute Gasteiger partial charge is 0.220 e. The average molecular weight is 288 g/mol. The van der Waals surface area contributed by atoms with Crippen molar-refractivity contribution in [3.05, 3.63) is 35.4 Å². The van der Waals surface area contributed by atoms with Gasteiger partial charge in [-0.2, -0.15) is 0 Å². The van der Waals surface area contributed by atoms with E-state index in [1.807, 2.05) is 31.2 Å². The molecule has 1 saturated heterocycles. The molecule has 0 aromatic heterocycles. The molecule has 4 nitrogen and oxygen atoms in total. The van der Waals surface area contributed by atoms with Gasteiger partial charge in [0.1, 0.15) is 0 Å². The van der Waals surface area contributed by atoms with E-state index in [0.717, 1.165) is 25.1 Å². The molecule has 0 radical (unpaired) electrons. The third kappa shape index (κ3) is 4.67. The van der Waals surface area contributed by atoms with Gasteiger partial charge in [-0.15, -0.1) is 0 Å². The van der Waals surface area contributed by atoms with Crippen LogP contribution in [-0.4, -0.2) is 30.8 Å². The summed E-state index contributed by atoms with van der Waals surface area (Å²) in [5.74, 6) is 0.452. The first-order valence-electron chi connectivity index (χ1n) is 7.66. The molecule has 1 amide bonds. The fraction of sp³-hybridized carbons (Fsp3) is 0.529. The van der Waals surface area contributed by atoms with Crippen LogP contribution in [0.2, 0.25) is 0 Å². The van der Waals surface area contributed by atoms with E-state index in [-0.39, 0.29) is 30.6 Å². The van der Waals surface area contributed by atoms with E-state index in [2.05, 4.69) is 17.6 Å². The molecule has 0 bridgehead atoms. The van der Waals surface area contributed by atoms with E-state index in [4.69, 9.17) is 0 Å². The molecular formula is C17H24N2O2. The molecule has 2 N–H and O–H groups in total. The lowest BCUT2D eigenvalue weighted by atomic mass is 9.95. The van der Waals surface area contributed by atoms with Crippen molar-refractivity contribution < 1.29 is 9.59 Å². The number of carbonyl (C=O) groups is 2. The summed E-state index contributed by atoms with van der Waals surface area (Å²) in [5, 5.41) is 6.36. The van der Waals surface area contributed by atoms with E-state index < -0.39 is 0 Å². The summed E-state index contributed by atoms with van der Waals surface area (Å²) < 4.78 is 0. The third-order valence-corrected chi connectivity index (χ3v) is 4.08. The Kier molecular flexibility index (Phi) is 5.51. The first-order chi connectivity index (χ1) is 10.1. The predicted octanol–water partition coefficient (Wildman–Crippen LogP) is 2.07. The number of benzene rings is 1. The normalized spacial score (nSPS) is 21.8. The molecule has 2 atom stereocenters. The Morgan fingerprint density at radius 3 is 2.62 bits per heavy atom. The molecule has 1 aromatic carbocycles. The Hall–Kier alpha value is -1.68. The minimum absolute atomic E-state index is 0.0192. The summed E-state index contributed by atoms with van der Waals surface area (Å²) in [7, 11) is 0. The van der Waals surface area contributed by atoms with Crippen molar-refractivity contribution in [2.75, 3.05) is 13.1 Å². The van der Waals surface area contributed by atoms with Crippen molar-refractivity contribution in [1.29, 1.82) is 0 Å². The maximum absolute atomic E-state index is 12.0. The summed E-state index contributed by atoms with van der Waals surface area (Å²) in [6.45, 7) is 6.00. The first-order valence-corrected chi connectivity index (χ1v) is 7.66.